The van der Waals surface area contributed by atoms with Crippen LogP contribution in [0.5, 0.6) is 0 Å². The first-order chi connectivity index (χ1) is 4.09. The largest absolute Gasteiger partial charge is 0.467 e. The van der Waals surface area contributed by atoms with Crippen LogP contribution in [0, 0.1) is 0 Å². The Morgan fingerprint density at radius 1 is 1.56 bits per heavy atom. The SMILES string of the molecule is COC(=O)[C@@H](O)[C@@H](C)O. The van der Waals surface area contributed by atoms with Gasteiger partial charge in [-0.1, -0.05) is 0 Å². The summed E-state index contributed by atoms with van der Waals surface area (Å²) in [7, 11) is 1.15. The van der Waals surface area contributed by atoms with E-state index in [1.54, 1.807) is 0 Å². The van der Waals surface area contributed by atoms with Gasteiger partial charge in [0.05, 0.1) is 13.2 Å². The maximum absolute atomic E-state index is 10.3. The van der Waals surface area contributed by atoms with Gasteiger partial charge < -0.3 is 14.9 Å². The lowest BCUT2D eigenvalue weighted by molar-refractivity contribution is -0.155. The Balaban J connectivity index is 3.72. The van der Waals surface area contributed by atoms with Crippen molar-refractivity contribution in [2.45, 2.75) is 19.1 Å². The van der Waals surface area contributed by atoms with Crippen molar-refractivity contribution in [3.63, 3.8) is 0 Å². The fraction of sp³-hybridized carbons (Fsp3) is 0.800. The second-order valence-corrected chi connectivity index (χ2v) is 1.71. The van der Waals surface area contributed by atoms with Gasteiger partial charge in [-0.3, -0.25) is 0 Å². The molecule has 0 saturated carbocycles. The average Bonchev–Trinajstić information content (AvgIpc) is 1.84. The first kappa shape index (κ1) is 8.39. The molecule has 0 bridgehead atoms. The third-order valence-corrected chi connectivity index (χ3v) is 0.900. The van der Waals surface area contributed by atoms with E-state index < -0.39 is 18.2 Å². The molecule has 0 aromatic heterocycles. The predicted molar refractivity (Wildman–Crippen MR) is 29.7 cm³/mol. The van der Waals surface area contributed by atoms with E-state index in [9.17, 15) is 4.79 Å². The molecule has 0 aliphatic carbocycles. The lowest BCUT2D eigenvalue weighted by Gasteiger charge is -2.09. The first-order valence-corrected chi connectivity index (χ1v) is 2.53. The smallest absolute Gasteiger partial charge is 0.337 e. The van der Waals surface area contributed by atoms with Crippen LogP contribution in [0.25, 0.3) is 0 Å². The van der Waals surface area contributed by atoms with Crippen LogP contribution in [0.15, 0.2) is 0 Å². The highest BCUT2D eigenvalue weighted by Crippen LogP contribution is 1.92. The third kappa shape index (κ3) is 2.43. The summed E-state index contributed by atoms with van der Waals surface area (Å²) in [6.07, 6.45) is -2.49. The van der Waals surface area contributed by atoms with Crippen LogP contribution in [0.1, 0.15) is 6.92 Å². The van der Waals surface area contributed by atoms with Gasteiger partial charge in [0.25, 0.3) is 0 Å². The summed E-state index contributed by atoms with van der Waals surface area (Å²) in [6.45, 7) is 1.31. The quantitative estimate of drug-likeness (QED) is 0.470. The zero-order valence-corrected chi connectivity index (χ0v) is 5.37. The molecule has 0 heterocycles. The predicted octanol–water partition coefficient (Wildman–Crippen LogP) is -1.10. The molecule has 4 heteroatoms. The molecule has 0 aromatic rings. The van der Waals surface area contributed by atoms with E-state index in [2.05, 4.69) is 4.74 Å². The highest BCUT2D eigenvalue weighted by molar-refractivity contribution is 5.74. The molecular formula is C5H10O4. The molecule has 0 radical (unpaired) electrons. The molecule has 9 heavy (non-hydrogen) atoms. The van der Waals surface area contributed by atoms with Crippen molar-refractivity contribution in [2.75, 3.05) is 7.11 Å². The molecule has 0 aliphatic rings. The van der Waals surface area contributed by atoms with Gasteiger partial charge in [0.15, 0.2) is 6.10 Å². The molecule has 0 spiro atoms. The molecule has 0 unspecified atom stereocenters. The second kappa shape index (κ2) is 3.42. The molecule has 0 aromatic carbocycles. The van der Waals surface area contributed by atoms with Crippen LogP contribution in [0.3, 0.4) is 0 Å². The van der Waals surface area contributed by atoms with Gasteiger partial charge in [0, 0.05) is 0 Å². The molecule has 0 fully saturated rings. The number of hydrogen-bond donors (Lipinski definition) is 2. The number of hydrogen-bond acceptors (Lipinski definition) is 4. The Hall–Kier alpha value is -0.610. The summed E-state index contributed by atoms with van der Waals surface area (Å²) in [5.74, 6) is -0.815. The normalized spacial score (nSPS) is 16.4. The Labute approximate surface area is 53.1 Å². The van der Waals surface area contributed by atoms with Crippen molar-refractivity contribution in [1.29, 1.82) is 0 Å². The zero-order valence-electron chi connectivity index (χ0n) is 5.37. The fourth-order valence-electron chi connectivity index (χ4n) is 0.318. The summed E-state index contributed by atoms with van der Waals surface area (Å²) < 4.78 is 4.12. The monoisotopic (exact) mass is 134 g/mol. The lowest BCUT2D eigenvalue weighted by atomic mass is 10.2. The third-order valence-electron chi connectivity index (χ3n) is 0.900. The molecule has 0 saturated heterocycles. The fourth-order valence-corrected chi connectivity index (χ4v) is 0.318. The van der Waals surface area contributed by atoms with Gasteiger partial charge in [-0.05, 0) is 6.92 Å². The van der Waals surface area contributed by atoms with Crippen LogP contribution in [0.2, 0.25) is 0 Å². The van der Waals surface area contributed by atoms with Gasteiger partial charge in [0.1, 0.15) is 0 Å². The average molecular weight is 134 g/mol. The topological polar surface area (TPSA) is 66.8 Å². The molecule has 2 atom stereocenters. The number of carbonyl (C=O) groups excluding carboxylic acids is 1. The molecule has 54 valence electrons. The zero-order chi connectivity index (χ0) is 7.44. The summed E-state index contributed by atoms with van der Waals surface area (Å²) in [6, 6.07) is 0. The first-order valence-electron chi connectivity index (χ1n) is 2.53. The van der Waals surface area contributed by atoms with Crippen molar-refractivity contribution in [2.24, 2.45) is 0 Å². The summed E-state index contributed by atoms with van der Waals surface area (Å²) in [5, 5.41) is 17.2. The number of aliphatic hydroxyl groups excluding tert-OH is 2. The van der Waals surface area contributed by atoms with Crippen LogP contribution >= 0.6 is 0 Å². The summed E-state index contributed by atoms with van der Waals surface area (Å²) >= 11 is 0. The van der Waals surface area contributed by atoms with E-state index in [-0.39, 0.29) is 0 Å². The van der Waals surface area contributed by atoms with Gasteiger partial charge in [-0.2, -0.15) is 0 Å². The van der Waals surface area contributed by atoms with Crippen molar-refractivity contribution >= 4 is 5.97 Å². The molecule has 0 amide bonds. The summed E-state index contributed by atoms with van der Waals surface area (Å²) in [4.78, 5) is 10.3. The van der Waals surface area contributed by atoms with Crippen molar-refractivity contribution in [3.05, 3.63) is 0 Å². The van der Waals surface area contributed by atoms with Crippen molar-refractivity contribution < 1.29 is 19.7 Å². The van der Waals surface area contributed by atoms with Gasteiger partial charge in [-0.15, -0.1) is 0 Å². The minimum Gasteiger partial charge on any atom is -0.467 e. The van der Waals surface area contributed by atoms with Crippen molar-refractivity contribution in [1.82, 2.24) is 0 Å². The molecule has 4 nitrogen and oxygen atoms in total. The lowest BCUT2D eigenvalue weighted by Crippen LogP contribution is -2.32. The molecule has 2 N–H and O–H groups in total. The maximum atomic E-state index is 10.3. The molecular weight excluding hydrogens is 124 g/mol. The standard InChI is InChI=1S/C5H10O4/c1-3(6)4(7)5(8)9-2/h3-4,6-7H,1-2H3/t3-,4+/m1/s1. The summed E-state index contributed by atoms with van der Waals surface area (Å²) in [5.41, 5.74) is 0. The molecule has 0 aliphatic heterocycles. The Bertz CT molecular complexity index is 99.1. The van der Waals surface area contributed by atoms with E-state index in [0.29, 0.717) is 0 Å². The highest BCUT2D eigenvalue weighted by Gasteiger charge is 2.20. The maximum Gasteiger partial charge on any atom is 0.337 e. The van der Waals surface area contributed by atoms with Crippen LogP contribution < -0.4 is 0 Å². The highest BCUT2D eigenvalue weighted by atomic mass is 16.5. The number of carbonyl (C=O) groups is 1. The number of methoxy groups -OCH3 is 1. The number of aliphatic hydroxyl groups is 2. The van der Waals surface area contributed by atoms with Gasteiger partial charge in [0.2, 0.25) is 0 Å². The Morgan fingerprint density at radius 3 is 2.11 bits per heavy atom. The number of esters is 1. The van der Waals surface area contributed by atoms with Gasteiger partial charge in [-0.25, -0.2) is 4.79 Å². The number of ether oxygens (including phenoxy) is 1. The van der Waals surface area contributed by atoms with Crippen LogP contribution in [0.4, 0.5) is 0 Å². The Morgan fingerprint density at radius 2 is 2.00 bits per heavy atom. The Kier molecular flexibility index (Phi) is 3.19. The molecule has 0 rings (SSSR count). The van der Waals surface area contributed by atoms with Gasteiger partial charge >= 0.3 is 5.97 Å². The minimum atomic E-state index is -1.42. The van der Waals surface area contributed by atoms with Crippen LogP contribution in [-0.2, 0) is 9.53 Å². The second-order valence-electron chi connectivity index (χ2n) is 1.71. The minimum absolute atomic E-state index is 0.815. The van der Waals surface area contributed by atoms with Crippen LogP contribution in [-0.4, -0.2) is 35.5 Å². The van der Waals surface area contributed by atoms with E-state index in [4.69, 9.17) is 10.2 Å². The number of rotatable bonds is 2. The van der Waals surface area contributed by atoms with E-state index in [1.165, 1.54) is 6.92 Å². The van der Waals surface area contributed by atoms with E-state index in [0.717, 1.165) is 7.11 Å². The van der Waals surface area contributed by atoms with E-state index in [1.807, 2.05) is 0 Å². The van der Waals surface area contributed by atoms with Crippen molar-refractivity contribution in [3.8, 4) is 0 Å². The van der Waals surface area contributed by atoms with E-state index >= 15 is 0 Å².